The fourth-order valence-electron chi connectivity index (χ4n) is 5.22. The van der Waals surface area contributed by atoms with Crippen molar-refractivity contribution in [3.05, 3.63) is 71.8 Å². The van der Waals surface area contributed by atoms with Crippen LogP contribution in [0.3, 0.4) is 0 Å². The molecule has 0 amide bonds. The van der Waals surface area contributed by atoms with E-state index in [9.17, 15) is 4.79 Å². The summed E-state index contributed by atoms with van der Waals surface area (Å²) >= 11 is 0. The van der Waals surface area contributed by atoms with Crippen LogP contribution in [-0.2, 0) is 17.6 Å². The molecule has 2 aromatic carbocycles. The van der Waals surface area contributed by atoms with Gasteiger partial charge in [0.1, 0.15) is 6.04 Å². The molecule has 3 aliphatic rings. The number of carbonyl (C=O) groups is 1. The predicted octanol–water partition coefficient (Wildman–Crippen LogP) is 4.55. The molecule has 0 radical (unpaired) electrons. The van der Waals surface area contributed by atoms with Crippen LogP contribution >= 0.6 is 0 Å². The second-order valence-corrected chi connectivity index (χ2v) is 8.26. The zero-order valence-corrected chi connectivity index (χ0v) is 16.4. The van der Waals surface area contributed by atoms with Crippen LogP contribution in [0.4, 0.5) is 11.4 Å². The van der Waals surface area contributed by atoms with Gasteiger partial charge in [0.05, 0.1) is 6.04 Å². The average molecular weight is 373 g/mol. The highest BCUT2D eigenvalue weighted by molar-refractivity contribution is 6.01. The van der Waals surface area contributed by atoms with Gasteiger partial charge in [-0.2, -0.15) is 0 Å². The van der Waals surface area contributed by atoms with Gasteiger partial charge in [0.15, 0.2) is 5.78 Å². The van der Waals surface area contributed by atoms with Crippen LogP contribution in [0.25, 0.3) is 0 Å². The molecule has 0 bridgehead atoms. The SMILES string of the molecule is O=C1C=CC(N2CCCCc3ccccc32)C1N1CCCCc2ccccc21. The van der Waals surface area contributed by atoms with Gasteiger partial charge in [0.2, 0.25) is 0 Å². The minimum absolute atomic E-state index is 0.109. The van der Waals surface area contributed by atoms with Crippen LogP contribution in [0.1, 0.15) is 36.8 Å². The van der Waals surface area contributed by atoms with Crippen molar-refractivity contribution < 1.29 is 4.79 Å². The van der Waals surface area contributed by atoms with Gasteiger partial charge >= 0.3 is 0 Å². The monoisotopic (exact) mass is 372 g/mol. The van der Waals surface area contributed by atoms with Gasteiger partial charge in [-0.3, -0.25) is 4.79 Å². The number of fused-ring (bicyclic) bond motifs is 2. The zero-order valence-electron chi connectivity index (χ0n) is 16.4. The number of rotatable bonds is 2. The van der Waals surface area contributed by atoms with E-state index < -0.39 is 0 Å². The summed E-state index contributed by atoms with van der Waals surface area (Å²) in [5.41, 5.74) is 5.38. The molecule has 144 valence electrons. The van der Waals surface area contributed by atoms with Gasteiger partial charge < -0.3 is 9.80 Å². The first-order valence-electron chi connectivity index (χ1n) is 10.7. The molecule has 0 N–H and O–H groups in total. The maximum absolute atomic E-state index is 13.1. The minimum Gasteiger partial charge on any atom is -0.362 e. The predicted molar refractivity (Wildman–Crippen MR) is 115 cm³/mol. The molecule has 2 aromatic rings. The van der Waals surface area contributed by atoms with E-state index in [1.165, 1.54) is 41.8 Å². The molecule has 2 atom stereocenters. The molecule has 2 aliphatic heterocycles. The lowest BCUT2D eigenvalue weighted by Gasteiger charge is -2.40. The van der Waals surface area contributed by atoms with E-state index in [0.29, 0.717) is 0 Å². The lowest BCUT2D eigenvalue weighted by molar-refractivity contribution is -0.115. The number of ketones is 1. The number of hydrogen-bond donors (Lipinski definition) is 0. The Morgan fingerprint density at radius 3 is 1.96 bits per heavy atom. The van der Waals surface area contributed by atoms with E-state index in [-0.39, 0.29) is 17.9 Å². The summed E-state index contributed by atoms with van der Waals surface area (Å²) in [5.74, 6) is 0.253. The Kier molecular flexibility index (Phi) is 4.67. The quantitative estimate of drug-likeness (QED) is 0.773. The lowest BCUT2D eigenvalue weighted by Crippen LogP contribution is -2.53. The highest BCUT2D eigenvalue weighted by atomic mass is 16.1. The van der Waals surface area contributed by atoms with Crippen molar-refractivity contribution in [2.45, 2.75) is 50.6 Å². The topological polar surface area (TPSA) is 23.6 Å². The molecule has 28 heavy (non-hydrogen) atoms. The third kappa shape index (κ3) is 3.03. The van der Waals surface area contributed by atoms with Crippen LogP contribution in [-0.4, -0.2) is 31.0 Å². The Labute approximate surface area is 167 Å². The van der Waals surface area contributed by atoms with E-state index in [1.807, 2.05) is 6.08 Å². The van der Waals surface area contributed by atoms with Crippen molar-refractivity contribution >= 4 is 17.2 Å². The normalized spacial score (nSPS) is 24.5. The minimum atomic E-state index is -0.120. The van der Waals surface area contributed by atoms with Crippen LogP contribution in [0.15, 0.2) is 60.7 Å². The summed E-state index contributed by atoms with van der Waals surface area (Å²) in [6, 6.07) is 17.4. The highest BCUT2D eigenvalue weighted by Gasteiger charge is 2.40. The average Bonchev–Trinajstić information content (AvgIpc) is 2.90. The maximum atomic E-state index is 13.1. The molecule has 3 heteroatoms. The van der Waals surface area contributed by atoms with E-state index >= 15 is 0 Å². The van der Waals surface area contributed by atoms with Crippen molar-refractivity contribution in [3.63, 3.8) is 0 Å². The van der Waals surface area contributed by atoms with Crippen LogP contribution < -0.4 is 9.80 Å². The van der Waals surface area contributed by atoms with Crippen molar-refractivity contribution in [2.24, 2.45) is 0 Å². The van der Waals surface area contributed by atoms with E-state index in [0.717, 1.165) is 32.4 Å². The van der Waals surface area contributed by atoms with Crippen LogP contribution in [0.2, 0.25) is 0 Å². The standard InChI is InChI=1S/C25H28N2O/c28-24-16-15-23(26-17-7-5-11-19-9-1-3-13-21(19)26)25(24)27-18-8-6-12-20-10-2-4-14-22(20)27/h1-4,9-10,13-16,23,25H,5-8,11-12,17-18H2. The first-order valence-corrected chi connectivity index (χ1v) is 10.7. The fourth-order valence-corrected chi connectivity index (χ4v) is 5.22. The lowest BCUT2D eigenvalue weighted by atomic mass is 10.0. The van der Waals surface area contributed by atoms with Gasteiger partial charge in [0.25, 0.3) is 0 Å². The molecule has 0 saturated carbocycles. The van der Waals surface area contributed by atoms with Crippen molar-refractivity contribution in [1.29, 1.82) is 0 Å². The van der Waals surface area contributed by atoms with Crippen molar-refractivity contribution in [3.8, 4) is 0 Å². The number of carbonyl (C=O) groups excluding carboxylic acids is 1. The molecule has 0 spiro atoms. The van der Waals surface area contributed by atoms with Gasteiger partial charge in [-0.1, -0.05) is 42.5 Å². The number of benzene rings is 2. The Morgan fingerprint density at radius 1 is 0.714 bits per heavy atom. The number of nitrogens with zero attached hydrogens (tertiary/aromatic N) is 2. The van der Waals surface area contributed by atoms with Crippen molar-refractivity contribution in [1.82, 2.24) is 0 Å². The fraction of sp³-hybridized carbons (Fsp3) is 0.400. The summed E-state index contributed by atoms with van der Waals surface area (Å²) in [5, 5.41) is 0. The molecule has 1 aliphatic carbocycles. The third-order valence-corrected chi connectivity index (χ3v) is 6.56. The maximum Gasteiger partial charge on any atom is 0.180 e. The summed E-state index contributed by atoms with van der Waals surface area (Å²) in [4.78, 5) is 18.0. The molecular formula is C25H28N2O. The van der Waals surface area contributed by atoms with E-state index in [4.69, 9.17) is 0 Å². The second-order valence-electron chi connectivity index (χ2n) is 8.26. The summed E-state index contributed by atoms with van der Waals surface area (Å²) in [6.07, 6.45) is 11.0. The van der Waals surface area contributed by atoms with Crippen LogP contribution in [0.5, 0.6) is 0 Å². The van der Waals surface area contributed by atoms with Gasteiger partial charge in [-0.25, -0.2) is 0 Å². The molecule has 0 aromatic heterocycles. The number of para-hydroxylation sites is 2. The summed E-state index contributed by atoms with van der Waals surface area (Å²) < 4.78 is 0. The third-order valence-electron chi connectivity index (χ3n) is 6.56. The first-order chi connectivity index (χ1) is 13.8. The van der Waals surface area contributed by atoms with Gasteiger partial charge in [-0.15, -0.1) is 0 Å². The second kappa shape index (κ2) is 7.46. The Hall–Kier alpha value is -2.55. The number of aryl methyl sites for hydroxylation is 2. The molecule has 3 nitrogen and oxygen atoms in total. The summed E-state index contributed by atoms with van der Waals surface area (Å²) in [6.45, 7) is 1.98. The largest absolute Gasteiger partial charge is 0.362 e. The molecule has 0 fully saturated rings. The van der Waals surface area contributed by atoms with Gasteiger partial charge in [-0.05, 0) is 67.9 Å². The van der Waals surface area contributed by atoms with Crippen LogP contribution in [0, 0.1) is 0 Å². The smallest absolute Gasteiger partial charge is 0.180 e. The van der Waals surface area contributed by atoms with Gasteiger partial charge in [0, 0.05) is 24.5 Å². The van der Waals surface area contributed by atoms with E-state index in [1.54, 1.807) is 0 Å². The molecule has 0 saturated heterocycles. The molecule has 5 rings (SSSR count). The van der Waals surface area contributed by atoms with Crippen molar-refractivity contribution in [2.75, 3.05) is 22.9 Å². The van der Waals surface area contributed by atoms with E-state index in [2.05, 4.69) is 64.4 Å². The number of anilines is 2. The zero-order chi connectivity index (χ0) is 18.9. The highest BCUT2D eigenvalue weighted by Crippen LogP contribution is 2.35. The Morgan fingerprint density at radius 2 is 1.29 bits per heavy atom. The first kappa shape index (κ1) is 17.5. The number of hydrogen-bond acceptors (Lipinski definition) is 3. The molecular weight excluding hydrogens is 344 g/mol. The summed E-state index contributed by atoms with van der Waals surface area (Å²) in [7, 11) is 0. The Bertz CT molecular complexity index is 903. The molecule has 2 heterocycles. The Balaban J connectivity index is 1.54. The molecule has 2 unspecified atom stereocenters.